The van der Waals surface area contributed by atoms with E-state index in [4.69, 9.17) is 9.47 Å². The van der Waals surface area contributed by atoms with Crippen LogP contribution in [-0.2, 0) is 4.74 Å². The van der Waals surface area contributed by atoms with Crippen LogP contribution in [0.1, 0.15) is 24.9 Å². The third-order valence-corrected chi connectivity index (χ3v) is 5.27. The smallest absolute Gasteiger partial charge is 0.172 e. The zero-order chi connectivity index (χ0) is 17.8. The van der Waals surface area contributed by atoms with Crippen molar-refractivity contribution < 1.29 is 9.47 Å². The van der Waals surface area contributed by atoms with Crippen LogP contribution in [0.5, 0.6) is 5.75 Å². The number of nitrogens with zero attached hydrogens (tertiary/aromatic N) is 3. The van der Waals surface area contributed by atoms with Gasteiger partial charge in [-0.15, -0.1) is 37.2 Å². The Kier molecular flexibility index (Phi) is 11.1. The number of rotatable bonds is 5. The Morgan fingerprint density at radius 2 is 1.76 bits per heavy atom. The average Bonchev–Trinajstić information content (AvgIpc) is 2.72. The van der Waals surface area contributed by atoms with Gasteiger partial charge < -0.3 is 14.4 Å². The fourth-order valence-electron chi connectivity index (χ4n) is 3.79. The molecule has 2 aromatic rings. The van der Waals surface area contributed by atoms with Gasteiger partial charge >= 0.3 is 0 Å². The SMILES string of the molecule is CCC1CN(C(CN2CCOCC2)c2ccccc2)c2ncccc2O1.Cl.Cl.Cl. The fourth-order valence-corrected chi connectivity index (χ4v) is 3.79. The van der Waals surface area contributed by atoms with E-state index in [1.54, 1.807) is 0 Å². The molecule has 2 unspecified atom stereocenters. The first-order chi connectivity index (χ1) is 12.8. The van der Waals surface area contributed by atoms with E-state index in [2.05, 4.69) is 52.0 Å². The van der Waals surface area contributed by atoms with E-state index >= 15 is 0 Å². The molecule has 2 aliphatic rings. The van der Waals surface area contributed by atoms with Gasteiger partial charge in [0.25, 0.3) is 0 Å². The Balaban J connectivity index is 0.00000140. The number of pyridine rings is 1. The van der Waals surface area contributed by atoms with Gasteiger partial charge in [0.2, 0.25) is 0 Å². The monoisotopic (exact) mass is 461 g/mol. The van der Waals surface area contributed by atoms with E-state index in [0.717, 1.165) is 57.4 Å². The molecule has 3 heterocycles. The molecule has 1 aromatic heterocycles. The summed E-state index contributed by atoms with van der Waals surface area (Å²) >= 11 is 0. The zero-order valence-electron chi connectivity index (χ0n) is 16.6. The Morgan fingerprint density at radius 1 is 1.03 bits per heavy atom. The first kappa shape index (κ1) is 25.8. The van der Waals surface area contributed by atoms with Crippen molar-refractivity contribution in [1.29, 1.82) is 0 Å². The lowest BCUT2D eigenvalue weighted by Gasteiger charge is -2.42. The van der Waals surface area contributed by atoms with Crippen LogP contribution in [0, 0.1) is 0 Å². The first-order valence-electron chi connectivity index (χ1n) is 9.58. The van der Waals surface area contributed by atoms with Gasteiger partial charge in [-0.2, -0.15) is 0 Å². The van der Waals surface area contributed by atoms with Crippen molar-refractivity contribution in [2.75, 3.05) is 44.3 Å². The molecule has 162 valence electrons. The molecule has 8 heteroatoms. The molecule has 0 bridgehead atoms. The second-order valence-electron chi connectivity index (χ2n) is 6.97. The van der Waals surface area contributed by atoms with Gasteiger partial charge in [0.15, 0.2) is 11.6 Å². The van der Waals surface area contributed by atoms with Gasteiger partial charge in [-0.1, -0.05) is 37.3 Å². The average molecular weight is 463 g/mol. The molecular weight excluding hydrogens is 433 g/mol. The van der Waals surface area contributed by atoms with Gasteiger partial charge in [0, 0.05) is 25.8 Å². The normalized spacial score (nSPS) is 19.5. The third-order valence-electron chi connectivity index (χ3n) is 5.27. The molecule has 0 N–H and O–H groups in total. The van der Waals surface area contributed by atoms with Gasteiger partial charge in [-0.25, -0.2) is 4.98 Å². The molecule has 2 aliphatic heterocycles. The van der Waals surface area contributed by atoms with Crippen molar-refractivity contribution in [2.45, 2.75) is 25.5 Å². The molecule has 0 radical (unpaired) electrons. The predicted octanol–water partition coefficient (Wildman–Crippen LogP) is 4.40. The highest BCUT2D eigenvalue weighted by molar-refractivity contribution is 5.86. The lowest BCUT2D eigenvalue weighted by Crippen LogP contribution is -2.48. The highest BCUT2D eigenvalue weighted by atomic mass is 35.5. The molecule has 29 heavy (non-hydrogen) atoms. The largest absolute Gasteiger partial charge is 0.485 e. The van der Waals surface area contributed by atoms with Gasteiger partial charge in [-0.05, 0) is 24.1 Å². The summed E-state index contributed by atoms with van der Waals surface area (Å²) in [6.07, 6.45) is 3.05. The summed E-state index contributed by atoms with van der Waals surface area (Å²) in [5.74, 6) is 1.85. The van der Waals surface area contributed by atoms with Crippen molar-refractivity contribution >= 4 is 43.0 Å². The van der Waals surface area contributed by atoms with Gasteiger partial charge in [-0.3, -0.25) is 4.90 Å². The van der Waals surface area contributed by atoms with Crippen molar-refractivity contribution in [1.82, 2.24) is 9.88 Å². The summed E-state index contributed by atoms with van der Waals surface area (Å²) in [6.45, 7) is 7.63. The first-order valence-corrected chi connectivity index (χ1v) is 9.58. The molecule has 4 rings (SSSR count). The minimum Gasteiger partial charge on any atom is -0.485 e. The molecule has 2 atom stereocenters. The maximum absolute atomic E-state index is 6.15. The number of anilines is 1. The van der Waals surface area contributed by atoms with E-state index in [9.17, 15) is 0 Å². The Bertz CT molecular complexity index is 717. The lowest BCUT2D eigenvalue weighted by molar-refractivity contribution is 0.0341. The minimum absolute atomic E-state index is 0. The van der Waals surface area contributed by atoms with E-state index in [-0.39, 0.29) is 49.4 Å². The fraction of sp³-hybridized carbons (Fsp3) is 0.476. The molecule has 1 aromatic carbocycles. The topological polar surface area (TPSA) is 37.8 Å². The highest BCUT2D eigenvalue weighted by Crippen LogP contribution is 2.37. The van der Waals surface area contributed by atoms with Crippen LogP contribution in [0.3, 0.4) is 0 Å². The van der Waals surface area contributed by atoms with Crippen LogP contribution >= 0.6 is 37.2 Å². The zero-order valence-corrected chi connectivity index (χ0v) is 19.1. The predicted molar refractivity (Wildman–Crippen MR) is 124 cm³/mol. The van der Waals surface area contributed by atoms with Crippen LogP contribution < -0.4 is 9.64 Å². The van der Waals surface area contributed by atoms with E-state index in [1.807, 2.05) is 18.3 Å². The van der Waals surface area contributed by atoms with Crippen LogP contribution in [0.4, 0.5) is 5.82 Å². The molecule has 1 saturated heterocycles. The molecule has 0 saturated carbocycles. The summed E-state index contributed by atoms with van der Waals surface area (Å²) in [7, 11) is 0. The molecule has 0 spiro atoms. The number of hydrogen-bond acceptors (Lipinski definition) is 5. The Hall–Kier alpha value is -1.24. The third kappa shape index (κ3) is 6.12. The van der Waals surface area contributed by atoms with Crippen LogP contribution in [0.2, 0.25) is 0 Å². The Morgan fingerprint density at radius 3 is 2.45 bits per heavy atom. The molecule has 5 nitrogen and oxygen atoms in total. The minimum atomic E-state index is 0. The van der Waals surface area contributed by atoms with E-state index < -0.39 is 0 Å². The summed E-state index contributed by atoms with van der Waals surface area (Å²) < 4.78 is 11.7. The van der Waals surface area contributed by atoms with Crippen molar-refractivity contribution in [3.05, 3.63) is 54.2 Å². The second kappa shape index (κ2) is 12.5. The maximum Gasteiger partial charge on any atom is 0.172 e. The van der Waals surface area contributed by atoms with Crippen LogP contribution in [0.25, 0.3) is 0 Å². The van der Waals surface area contributed by atoms with Gasteiger partial charge in [0.1, 0.15) is 6.10 Å². The number of halogens is 3. The van der Waals surface area contributed by atoms with Gasteiger partial charge in [0.05, 0.1) is 25.8 Å². The van der Waals surface area contributed by atoms with Crippen molar-refractivity contribution in [3.63, 3.8) is 0 Å². The number of ether oxygens (including phenoxy) is 2. The highest BCUT2D eigenvalue weighted by Gasteiger charge is 2.32. The van der Waals surface area contributed by atoms with Crippen LogP contribution in [-0.4, -0.2) is 55.4 Å². The molecular formula is C21H30Cl3N3O2. The number of benzene rings is 1. The lowest BCUT2D eigenvalue weighted by atomic mass is 10.0. The molecule has 0 aliphatic carbocycles. The summed E-state index contributed by atoms with van der Waals surface area (Å²) in [5.41, 5.74) is 1.33. The van der Waals surface area contributed by atoms with E-state index in [1.165, 1.54) is 5.56 Å². The summed E-state index contributed by atoms with van der Waals surface area (Å²) in [6, 6.07) is 15.0. The van der Waals surface area contributed by atoms with Crippen molar-refractivity contribution in [2.24, 2.45) is 0 Å². The standard InChI is InChI=1S/C21H27N3O2.3ClH/c1-2-18-15-24(21-20(26-18)9-6-10-22-21)19(17-7-4-3-5-8-17)16-23-11-13-25-14-12-23;;;/h3-10,18-19H,2,11-16H2,1H3;3*1H. The number of morpholine rings is 1. The van der Waals surface area contributed by atoms with Crippen LogP contribution in [0.15, 0.2) is 48.7 Å². The second-order valence-corrected chi connectivity index (χ2v) is 6.97. The molecule has 0 amide bonds. The maximum atomic E-state index is 6.15. The molecule has 1 fully saturated rings. The summed E-state index contributed by atoms with van der Waals surface area (Å²) in [4.78, 5) is 9.61. The number of hydrogen-bond donors (Lipinski definition) is 0. The van der Waals surface area contributed by atoms with Crippen molar-refractivity contribution in [3.8, 4) is 5.75 Å². The quantitative estimate of drug-likeness (QED) is 0.658. The van der Waals surface area contributed by atoms with E-state index in [0.29, 0.717) is 0 Å². The Labute approximate surface area is 192 Å². The number of fused-ring (bicyclic) bond motifs is 1. The summed E-state index contributed by atoms with van der Waals surface area (Å²) in [5, 5.41) is 0. The number of aromatic nitrogens is 1.